The Kier molecular flexibility index (Phi) is 6.78. The number of hydrogen-bond donors (Lipinski definition) is 2. The molecule has 2 unspecified atom stereocenters. The second-order valence-electron chi connectivity index (χ2n) is 8.51. The van der Waals surface area contributed by atoms with E-state index in [-0.39, 0.29) is 12.1 Å². The molecular formula is C24H29N5O3. The molecule has 2 saturated heterocycles. The zero-order valence-corrected chi connectivity index (χ0v) is 18.2. The van der Waals surface area contributed by atoms with Gasteiger partial charge in [0.25, 0.3) is 0 Å². The van der Waals surface area contributed by atoms with Crippen LogP contribution in [0, 0.1) is 23.2 Å². The van der Waals surface area contributed by atoms with Crippen molar-refractivity contribution in [3.8, 4) is 17.6 Å². The van der Waals surface area contributed by atoms with Crippen molar-refractivity contribution >= 4 is 11.7 Å². The highest BCUT2D eigenvalue weighted by Crippen LogP contribution is 2.31. The van der Waals surface area contributed by atoms with Crippen LogP contribution in [0.4, 0.5) is 10.5 Å². The van der Waals surface area contributed by atoms with Crippen molar-refractivity contribution in [3.05, 3.63) is 54.1 Å². The molecule has 2 heterocycles. The molecule has 2 aliphatic rings. The van der Waals surface area contributed by atoms with Gasteiger partial charge in [-0.05, 0) is 60.4 Å². The first kappa shape index (κ1) is 21.9. The number of amides is 2. The number of urea groups is 1. The van der Waals surface area contributed by atoms with Crippen LogP contribution in [-0.2, 0) is 0 Å². The van der Waals surface area contributed by atoms with E-state index in [2.05, 4.69) is 16.3 Å². The van der Waals surface area contributed by atoms with Gasteiger partial charge < -0.3 is 30.3 Å². The molecule has 0 aliphatic carbocycles. The Hall–Kier alpha value is -3.28. The highest BCUT2D eigenvalue weighted by Gasteiger charge is 2.41. The number of methoxy groups -OCH3 is 1. The number of carbonyl (C=O) groups is 1. The van der Waals surface area contributed by atoms with Crippen LogP contribution >= 0.6 is 0 Å². The Labute approximate surface area is 188 Å². The van der Waals surface area contributed by atoms with Gasteiger partial charge >= 0.3 is 6.03 Å². The third-order valence-electron chi connectivity index (χ3n) is 6.13. The number of nitriles is 1. The summed E-state index contributed by atoms with van der Waals surface area (Å²) in [6.07, 6.45) is 0. The summed E-state index contributed by atoms with van der Waals surface area (Å²) < 4.78 is 10.9. The van der Waals surface area contributed by atoms with Crippen LogP contribution in [0.1, 0.15) is 5.56 Å². The standard InChI is InChI=1S/C24H29N5O3/c1-31-22-8-4-21(5-9-22)27-24(30)29-13-18-11-28(12-19(18)14-29)15-20(26)16-32-23-6-2-17(10-25)3-7-23/h2-9,18-20H,11-16,26H2,1H3,(H,27,30)/t18?,19?,20-/m0/s1. The van der Waals surface area contributed by atoms with Crippen LogP contribution in [0.25, 0.3) is 0 Å². The number of anilines is 1. The SMILES string of the molecule is COc1ccc(NC(=O)N2CC3CN(C[C@H](N)COc4ccc(C#N)cc4)CC3C2)cc1. The molecule has 2 amide bonds. The third-order valence-corrected chi connectivity index (χ3v) is 6.13. The fourth-order valence-electron chi connectivity index (χ4n) is 4.50. The predicted molar refractivity (Wildman–Crippen MR) is 122 cm³/mol. The Morgan fingerprint density at radius 2 is 1.72 bits per heavy atom. The summed E-state index contributed by atoms with van der Waals surface area (Å²) in [5.74, 6) is 2.43. The van der Waals surface area contributed by atoms with Gasteiger partial charge in [0.1, 0.15) is 18.1 Å². The summed E-state index contributed by atoms with van der Waals surface area (Å²) in [6.45, 7) is 4.61. The maximum Gasteiger partial charge on any atom is 0.321 e. The van der Waals surface area contributed by atoms with E-state index in [9.17, 15) is 4.79 Å². The first-order valence-corrected chi connectivity index (χ1v) is 10.8. The molecule has 0 aromatic heterocycles. The molecule has 0 bridgehead atoms. The van der Waals surface area contributed by atoms with Crippen molar-refractivity contribution in [1.82, 2.24) is 9.80 Å². The fourth-order valence-corrected chi connectivity index (χ4v) is 4.50. The van der Waals surface area contributed by atoms with Crippen molar-refractivity contribution in [2.24, 2.45) is 17.6 Å². The number of benzene rings is 2. The molecule has 168 valence electrons. The van der Waals surface area contributed by atoms with E-state index in [0.717, 1.165) is 49.9 Å². The zero-order valence-electron chi connectivity index (χ0n) is 18.2. The van der Waals surface area contributed by atoms with E-state index >= 15 is 0 Å². The number of carbonyl (C=O) groups excluding carboxylic acids is 1. The lowest BCUT2D eigenvalue weighted by Gasteiger charge is -2.24. The lowest BCUT2D eigenvalue weighted by molar-refractivity contribution is 0.204. The summed E-state index contributed by atoms with van der Waals surface area (Å²) in [4.78, 5) is 16.9. The van der Waals surface area contributed by atoms with Gasteiger partial charge in [0, 0.05) is 38.4 Å². The Morgan fingerprint density at radius 1 is 1.09 bits per heavy atom. The first-order chi connectivity index (χ1) is 15.5. The molecule has 8 nitrogen and oxygen atoms in total. The van der Waals surface area contributed by atoms with Gasteiger partial charge in [-0.1, -0.05) is 0 Å². The molecule has 2 aromatic rings. The first-order valence-electron chi connectivity index (χ1n) is 10.8. The number of nitrogens with zero attached hydrogens (tertiary/aromatic N) is 3. The zero-order chi connectivity index (χ0) is 22.5. The lowest BCUT2D eigenvalue weighted by atomic mass is 10.0. The molecule has 0 spiro atoms. The number of rotatable bonds is 7. The molecule has 0 radical (unpaired) electrons. The largest absolute Gasteiger partial charge is 0.497 e. The molecular weight excluding hydrogens is 406 g/mol. The number of hydrogen-bond acceptors (Lipinski definition) is 6. The Balaban J connectivity index is 1.19. The van der Waals surface area contributed by atoms with Crippen LogP contribution in [0.15, 0.2) is 48.5 Å². The van der Waals surface area contributed by atoms with E-state index in [4.69, 9.17) is 20.5 Å². The second-order valence-corrected chi connectivity index (χ2v) is 8.51. The van der Waals surface area contributed by atoms with Crippen molar-refractivity contribution in [3.63, 3.8) is 0 Å². The molecule has 2 fully saturated rings. The van der Waals surface area contributed by atoms with E-state index < -0.39 is 0 Å². The number of ether oxygens (including phenoxy) is 2. The molecule has 3 N–H and O–H groups in total. The normalized spacial score (nSPS) is 21.0. The predicted octanol–water partition coefficient (Wildman–Crippen LogP) is 2.37. The van der Waals surface area contributed by atoms with Gasteiger partial charge in [-0.25, -0.2) is 4.79 Å². The average Bonchev–Trinajstić information content (AvgIpc) is 3.37. The van der Waals surface area contributed by atoms with Crippen LogP contribution in [-0.4, -0.2) is 68.3 Å². The minimum Gasteiger partial charge on any atom is -0.497 e. The van der Waals surface area contributed by atoms with Gasteiger partial charge in [0.05, 0.1) is 24.8 Å². The smallest absolute Gasteiger partial charge is 0.321 e. The number of likely N-dealkylation sites (tertiary alicyclic amines) is 2. The van der Waals surface area contributed by atoms with Gasteiger partial charge in [0.2, 0.25) is 0 Å². The number of nitrogens with one attached hydrogen (secondary N) is 1. The van der Waals surface area contributed by atoms with Crippen molar-refractivity contribution in [2.45, 2.75) is 6.04 Å². The van der Waals surface area contributed by atoms with Gasteiger partial charge in [-0.3, -0.25) is 0 Å². The van der Waals surface area contributed by atoms with E-state index in [1.165, 1.54) is 0 Å². The quantitative estimate of drug-likeness (QED) is 0.692. The summed E-state index contributed by atoms with van der Waals surface area (Å²) in [5, 5.41) is 11.8. The van der Waals surface area contributed by atoms with Crippen LogP contribution in [0.5, 0.6) is 11.5 Å². The Morgan fingerprint density at radius 3 is 2.31 bits per heavy atom. The van der Waals surface area contributed by atoms with Gasteiger partial charge in [-0.2, -0.15) is 5.26 Å². The molecule has 3 atom stereocenters. The summed E-state index contributed by atoms with van der Waals surface area (Å²) in [6, 6.07) is 16.3. The highest BCUT2D eigenvalue weighted by atomic mass is 16.5. The van der Waals surface area contributed by atoms with E-state index in [0.29, 0.717) is 24.0 Å². The van der Waals surface area contributed by atoms with Crippen molar-refractivity contribution in [1.29, 1.82) is 5.26 Å². The van der Waals surface area contributed by atoms with E-state index in [1.807, 2.05) is 29.2 Å². The molecule has 0 saturated carbocycles. The van der Waals surface area contributed by atoms with Crippen LogP contribution < -0.4 is 20.5 Å². The van der Waals surface area contributed by atoms with Gasteiger partial charge in [-0.15, -0.1) is 0 Å². The molecule has 8 heteroatoms. The molecule has 4 rings (SSSR count). The Bertz CT molecular complexity index is 943. The minimum absolute atomic E-state index is 0.0522. The molecule has 2 aliphatic heterocycles. The third kappa shape index (κ3) is 5.31. The summed E-state index contributed by atoms with van der Waals surface area (Å²) in [5.41, 5.74) is 7.66. The van der Waals surface area contributed by atoms with Gasteiger partial charge in [0.15, 0.2) is 0 Å². The fraction of sp³-hybridized carbons (Fsp3) is 0.417. The van der Waals surface area contributed by atoms with E-state index in [1.54, 1.807) is 31.4 Å². The summed E-state index contributed by atoms with van der Waals surface area (Å²) >= 11 is 0. The lowest BCUT2D eigenvalue weighted by Crippen LogP contribution is -2.42. The maximum atomic E-state index is 12.6. The van der Waals surface area contributed by atoms with Crippen LogP contribution in [0.3, 0.4) is 0 Å². The average molecular weight is 436 g/mol. The van der Waals surface area contributed by atoms with Crippen molar-refractivity contribution < 1.29 is 14.3 Å². The summed E-state index contributed by atoms with van der Waals surface area (Å²) in [7, 11) is 1.62. The van der Waals surface area contributed by atoms with Crippen molar-refractivity contribution in [2.75, 3.05) is 51.8 Å². The minimum atomic E-state index is -0.0982. The topological polar surface area (TPSA) is 104 Å². The number of nitrogens with two attached hydrogens (primary N) is 1. The molecule has 2 aromatic carbocycles. The second kappa shape index (κ2) is 9.90. The maximum absolute atomic E-state index is 12.6. The monoisotopic (exact) mass is 435 g/mol. The number of fused-ring (bicyclic) bond motifs is 1. The molecule has 32 heavy (non-hydrogen) atoms. The highest BCUT2D eigenvalue weighted by molar-refractivity contribution is 5.89. The van der Waals surface area contributed by atoms with Crippen LogP contribution in [0.2, 0.25) is 0 Å².